The van der Waals surface area contributed by atoms with E-state index in [2.05, 4.69) is 75.9 Å². The van der Waals surface area contributed by atoms with E-state index in [1.807, 2.05) is 13.1 Å². The van der Waals surface area contributed by atoms with Gasteiger partial charge in [-0.25, -0.2) is 0 Å². The van der Waals surface area contributed by atoms with Gasteiger partial charge in [0.1, 0.15) is 0 Å². The lowest BCUT2D eigenvalue weighted by atomic mass is 10.1. The molecule has 1 unspecified atom stereocenters. The Kier molecular flexibility index (Phi) is 11.6. The summed E-state index contributed by atoms with van der Waals surface area (Å²) in [5.74, 6) is 1.84. The van der Waals surface area contributed by atoms with E-state index in [9.17, 15) is 9.59 Å². The zero-order chi connectivity index (χ0) is 24.9. The van der Waals surface area contributed by atoms with Crippen LogP contribution in [0.3, 0.4) is 0 Å². The Bertz CT molecular complexity index is 908. The van der Waals surface area contributed by atoms with Gasteiger partial charge in [-0.05, 0) is 49.1 Å². The van der Waals surface area contributed by atoms with Gasteiger partial charge < -0.3 is 20.4 Å². The highest BCUT2D eigenvalue weighted by Crippen LogP contribution is 2.22. The van der Waals surface area contributed by atoms with Gasteiger partial charge in [0.15, 0.2) is 0 Å². The molecule has 1 aromatic rings. The van der Waals surface area contributed by atoms with Gasteiger partial charge in [-0.2, -0.15) is 0 Å². The van der Waals surface area contributed by atoms with Crippen LogP contribution in [-0.2, 0) is 9.59 Å². The fraction of sp³-hybridized carbons (Fsp3) is 0.481. The zero-order valence-electron chi connectivity index (χ0n) is 20.9. The molecule has 2 aliphatic rings. The third kappa shape index (κ3) is 9.68. The third-order valence-electron chi connectivity index (χ3n) is 5.99. The van der Waals surface area contributed by atoms with E-state index in [1.165, 1.54) is 37.2 Å². The van der Waals surface area contributed by atoms with Crippen molar-refractivity contribution in [2.24, 2.45) is 0 Å². The van der Waals surface area contributed by atoms with Crippen LogP contribution >= 0.6 is 21.6 Å². The van der Waals surface area contributed by atoms with Crippen LogP contribution in [0.15, 0.2) is 54.3 Å². The molecule has 0 saturated carbocycles. The SMILES string of the molecule is CCC(=O)NCCSSCCNC(=O)CN1C=CC(/C=C/c2ccc(N3CCCC3)cc2)=CC1C. The van der Waals surface area contributed by atoms with Crippen molar-refractivity contribution in [3.8, 4) is 0 Å². The molecular weight excluding hydrogens is 476 g/mol. The number of hydrogen-bond donors (Lipinski definition) is 2. The summed E-state index contributed by atoms with van der Waals surface area (Å²) < 4.78 is 0. The fourth-order valence-electron chi connectivity index (χ4n) is 3.95. The van der Waals surface area contributed by atoms with Crippen LogP contribution < -0.4 is 15.5 Å². The molecule has 1 saturated heterocycles. The zero-order valence-corrected chi connectivity index (χ0v) is 22.5. The molecule has 2 aliphatic heterocycles. The lowest BCUT2D eigenvalue weighted by Crippen LogP contribution is -2.39. The predicted molar refractivity (Wildman–Crippen MR) is 152 cm³/mol. The summed E-state index contributed by atoms with van der Waals surface area (Å²) in [6.07, 6.45) is 13.6. The molecule has 0 aromatic heterocycles. The van der Waals surface area contributed by atoms with Gasteiger partial charge in [-0.3, -0.25) is 9.59 Å². The van der Waals surface area contributed by atoms with Crippen LogP contribution in [0.25, 0.3) is 6.08 Å². The van der Waals surface area contributed by atoms with Gasteiger partial charge in [0, 0.05) is 62.0 Å². The van der Waals surface area contributed by atoms with Gasteiger partial charge in [-0.1, -0.05) is 58.9 Å². The number of carbonyl (C=O) groups excluding carboxylic acids is 2. The molecule has 0 spiro atoms. The second-order valence-corrected chi connectivity index (χ2v) is 11.4. The number of allylic oxidation sites excluding steroid dienone is 3. The van der Waals surface area contributed by atoms with E-state index < -0.39 is 0 Å². The Morgan fingerprint density at radius 1 is 1.00 bits per heavy atom. The maximum atomic E-state index is 12.3. The van der Waals surface area contributed by atoms with Crippen LogP contribution in [0, 0.1) is 0 Å². The predicted octanol–water partition coefficient (Wildman–Crippen LogP) is 4.47. The smallest absolute Gasteiger partial charge is 0.239 e. The van der Waals surface area contributed by atoms with Gasteiger partial charge in [0.05, 0.1) is 6.54 Å². The van der Waals surface area contributed by atoms with Gasteiger partial charge >= 0.3 is 0 Å². The maximum absolute atomic E-state index is 12.3. The van der Waals surface area contributed by atoms with E-state index in [4.69, 9.17) is 0 Å². The normalized spacial score (nSPS) is 17.7. The number of amides is 2. The monoisotopic (exact) mass is 514 g/mol. The van der Waals surface area contributed by atoms with Crippen LogP contribution in [0.5, 0.6) is 0 Å². The molecule has 2 amide bonds. The molecule has 1 aromatic carbocycles. The van der Waals surface area contributed by atoms with Crippen molar-refractivity contribution in [1.29, 1.82) is 0 Å². The second kappa shape index (κ2) is 14.9. The van der Waals surface area contributed by atoms with Crippen LogP contribution in [0.2, 0.25) is 0 Å². The highest BCUT2D eigenvalue weighted by Gasteiger charge is 2.15. The number of nitrogens with zero attached hydrogens (tertiary/aromatic N) is 2. The van der Waals surface area contributed by atoms with Gasteiger partial charge in [-0.15, -0.1) is 0 Å². The molecular formula is C27H38N4O2S2. The first-order valence-electron chi connectivity index (χ1n) is 12.5. The number of hydrogen-bond acceptors (Lipinski definition) is 6. The van der Waals surface area contributed by atoms with Crippen LogP contribution in [0.4, 0.5) is 5.69 Å². The van der Waals surface area contributed by atoms with E-state index >= 15 is 0 Å². The van der Waals surface area contributed by atoms with Crippen molar-refractivity contribution in [2.45, 2.75) is 39.2 Å². The number of rotatable bonds is 13. The first kappa shape index (κ1) is 27.3. The lowest BCUT2D eigenvalue weighted by Gasteiger charge is -2.28. The van der Waals surface area contributed by atoms with Crippen LogP contribution in [0.1, 0.15) is 38.7 Å². The summed E-state index contributed by atoms with van der Waals surface area (Å²) in [5.41, 5.74) is 3.66. The highest BCUT2D eigenvalue weighted by molar-refractivity contribution is 8.76. The summed E-state index contributed by atoms with van der Waals surface area (Å²) in [6.45, 7) is 7.97. The Morgan fingerprint density at radius 3 is 2.29 bits per heavy atom. The second-order valence-electron chi connectivity index (χ2n) is 8.71. The lowest BCUT2D eigenvalue weighted by molar-refractivity contribution is -0.122. The molecule has 35 heavy (non-hydrogen) atoms. The van der Waals surface area contributed by atoms with E-state index in [1.54, 1.807) is 21.6 Å². The van der Waals surface area contributed by atoms with Gasteiger partial charge in [0.25, 0.3) is 0 Å². The average molecular weight is 515 g/mol. The minimum Gasteiger partial charge on any atom is -0.372 e. The van der Waals surface area contributed by atoms with Crippen molar-refractivity contribution in [3.05, 3.63) is 59.8 Å². The van der Waals surface area contributed by atoms with Crippen molar-refractivity contribution in [2.75, 3.05) is 49.1 Å². The molecule has 1 atom stereocenters. The standard InChI is InChI=1S/C27H38N4O2S2/c1-3-26(32)28-13-18-34-35-19-14-29-27(33)21-31-17-12-24(20-22(31)2)7-6-23-8-10-25(11-9-23)30-15-4-5-16-30/h6-12,17,20,22H,3-5,13-16,18-19,21H2,1-2H3,(H,28,32)(H,29,33)/b7-6+. The summed E-state index contributed by atoms with van der Waals surface area (Å²) in [6, 6.07) is 8.94. The summed E-state index contributed by atoms with van der Waals surface area (Å²) in [7, 11) is 3.43. The first-order chi connectivity index (χ1) is 17.0. The molecule has 0 radical (unpaired) electrons. The molecule has 0 aliphatic carbocycles. The highest BCUT2D eigenvalue weighted by atomic mass is 33.1. The van der Waals surface area contributed by atoms with Crippen molar-refractivity contribution < 1.29 is 9.59 Å². The molecule has 8 heteroatoms. The van der Waals surface area contributed by atoms with Crippen molar-refractivity contribution >= 4 is 45.2 Å². The number of nitrogens with one attached hydrogen (secondary N) is 2. The maximum Gasteiger partial charge on any atom is 0.239 e. The Morgan fingerprint density at radius 2 is 1.66 bits per heavy atom. The molecule has 2 N–H and O–H groups in total. The quantitative estimate of drug-likeness (QED) is 0.299. The van der Waals surface area contributed by atoms with Gasteiger partial charge in [0.2, 0.25) is 11.8 Å². The van der Waals surface area contributed by atoms with E-state index in [0.29, 0.717) is 26.1 Å². The van der Waals surface area contributed by atoms with E-state index in [-0.39, 0.29) is 17.9 Å². The Balaban J connectivity index is 1.32. The topological polar surface area (TPSA) is 64.7 Å². The Labute approximate surface area is 218 Å². The number of anilines is 1. The summed E-state index contributed by atoms with van der Waals surface area (Å²) in [5, 5.41) is 5.85. The van der Waals surface area contributed by atoms with Crippen molar-refractivity contribution in [1.82, 2.24) is 15.5 Å². The summed E-state index contributed by atoms with van der Waals surface area (Å²) >= 11 is 0. The molecule has 1 fully saturated rings. The minimum atomic E-state index is 0.0350. The first-order valence-corrected chi connectivity index (χ1v) is 15.0. The third-order valence-corrected chi connectivity index (χ3v) is 8.40. The Hall–Kier alpha value is -2.32. The molecule has 6 nitrogen and oxygen atoms in total. The molecule has 3 rings (SSSR count). The summed E-state index contributed by atoms with van der Waals surface area (Å²) in [4.78, 5) is 28.0. The number of carbonyl (C=O) groups is 2. The number of benzene rings is 1. The average Bonchev–Trinajstić information content (AvgIpc) is 3.41. The molecule has 0 bridgehead atoms. The van der Waals surface area contributed by atoms with E-state index in [0.717, 1.165) is 17.1 Å². The largest absolute Gasteiger partial charge is 0.372 e. The molecule has 2 heterocycles. The van der Waals surface area contributed by atoms with Crippen LogP contribution in [-0.4, -0.2) is 67.0 Å². The fourth-order valence-corrected chi connectivity index (χ4v) is 5.76. The molecule has 190 valence electrons. The minimum absolute atomic E-state index is 0.0350. The van der Waals surface area contributed by atoms with Crippen molar-refractivity contribution in [3.63, 3.8) is 0 Å².